The summed E-state index contributed by atoms with van der Waals surface area (Å²) in [5, 5.41) is 11.7. The lowest BCUT2D eigenvalue weighted by atomic mass is 9.77. The first kappa shape index (κ1) is 19.3. The van der Waals surface area contributed by atoms with E-state index >= 15 is 0 Å². The number of aliphatic carboxylic acids is 1. The summed E-state index contributed by atoms with van der Waals surface area (Å²) < 4.78 is 5.08. The molecular weight excluding hydrogens is 300 g/mol. The van der Waals surface area contributed by atoms with Gasteiger partial charge in [-0.1, -0.05) is 19.3 Å². The molecule has 0 aromatic rings. The van der Waals surface area contributed by atoms with Gasteiger partial charge in [0, 0.05) is 5.92 Å². The number of carbonyl (C=O) groups is 3. The lowest BCUT2D eigenvalue weighted by Crippen LogP contribution is -2.46. The number of nitrogens with one attached hydrogen (secondary N) is 1. The van der Waals surface area contributed by atoms with E-state index in [4.69, 9.17) is 10.5 Å². The van der Waals surface area contributed by atoms with Crippen molar-refractivity contribution < 1.29 is 24.2 Å². The van der Waals surface area contributed by atoms with Crippen LogP contribution in [0.3, 0.4) is 0 Å². The zero-order chi connectivity index (χ0) is 17.6. The molecule has 7 heteroatoms. The number of amides is 2. The third kappa shape index (κ3) is 6.88. The quantitative estimate of drug-likeness (QED) is 0.689. The molecule has 132 valence electrons. The number of hydrogen-bond acceptors (Lipinski definition) is 4. The topological polar surface area (TPSA) is 119 Å². The fraction of sp³-hybridized carbons (Fsp3) is 0.812. The molecule has 2 amide bonds. The second-order valence-electron chi connectivity index (χ2n) is 7.18. The second-order valence-corrected chi connectivity index (χ2v) is 7.18. The van der Waals surface area contributed by atoms with Crippen molar-refractivity contribution in [3.8, 4) is 0 Å². The summed E-state index contributed by atoms with van der Waals surface area (Å²) in [7, 11) is 0. The molecule has 1 fully saturated rings. The third-order valence-corrected chi connectivity index (χ3v) is 4.06. The van der Waals surface area contributed by atoms with Gasteiger partial charge < -0.3 is 20.9 Å². The van der Waals surface area contributed by atoms with E-state index in [0.717, 1.165) is 32.1 Å². The van der Waals surface area contributed by atoms with Gasteiger partial charge in [-0.2, -0.15) is 0 Å². The highest BCUT2D eigenvalue weighted by Gasteiger charge is 2.34. The van der Waals surface area contributed by atoms with Crippen LogP contribution in [0.2, 0.25) is 0 Å². The summed E-state index contributed by atoms with van der Waals surface area (Å²) in [6, 6.07) is -1.19. The van der Waals surface area contributed by atoms with Crippen molar-refractivity contribution >= 4 is 18.0 Å². The summed E-state index contributed by atoms with van der Waals surface area (Å²) >= 11 is 0. The Morgan fingerprint density at radius 2 is 1.78 bits per heavy atom. The molecule has 0 spiro atoms. The van der Waals surface area contributed by atoms with Crippen molar-refractivity contribution in [1.29, 1.82) is 0 Å². The van der Waals surface area contributed by atoms with Gasteiger partial charge in [-0.3, -0.25) is 4.79 Å². The molecule has 0 saturated heterocycles. The van der Waals surface area contributed by atoms with Gasteiger partial charge >= 0.3 is 12.1 Å². The molecule has 1 aliphatic rings. The molecule has 2 atom stereocenters. The zero-order valence-corrected chi connectivity index (χ0v) is 14.1. The molecule has 0 aliphatic heterocycles. The fourth-order valence-electron chi connectivity index (χ4n) is 3.00. The van der Waals surface area contributed by atoms with Crippen molar-refractivity contribution in [3.63, 3.8) is 0 Å². The Morgan fingerprint density at radius 3 is 2.22 bits per heavy atom. The van der Waals surface area contributed by atoms with Crippen LogP contribution in [-0.4, -0.2) is 34.7 Å². The largest absolute Gasteiger partial charge is 0.480 e. The summed E-state index contributed by atoms with van der Waals surface area (Å²) in [6.45, 7) is 5.07. The normalized spacial score (nSPS) is 18.7. The number of ether oxygens (including phenoxy) is 1. The van der Waals surface area contributed by atoms with Gasteiger partial charge in [0.05, 0.1) is 0 Å². The van der Waals surface area contributed by atoms with Crippen molar-refractivity contribution in [3.05, 3.63) is 0 Å². The minimum Gasteiger partial charge on any atom is -0.480 e. The summed E-state index contributed by atoms with van der Waals surface area (Å²) in [5.41, 5.74) is 4.75. The van der Waals surface area contributed by atoms with E-state index in [1.165, 1.54) is 0 Å². The van der Waals surface area contributed by atoms with Crippen LogP contribution in [0.4, 0.5) is 4.79 Å². The van der Waals surface area contributed by atoms with E-state index in [9.17, 15) is 19.5 Å². The number of primary amides is 1. The highest BCUT2D eigenvalue weighted by Crippen LogP contribution is 2.32. The number of alkyl carbamates (subject to hydrolysis) is 1. The molecule has 1 aliphatic carbocycles. The second kappa shape index (κ2) is 8.17. The molecule has 0 aromatic heterocycles. The first-order chi connectivity index (χ1) is 10.6. The lowest BCUT2D eigenvalue weighted by molar-refractivity contribution is -0.140. The molecule has 4 N–H and O–H groups in total. The highest BCUT2D eigenvalue weighted by molar-refractivity contribution is 5.82. The van der Waals surface area contributed by atoms with Crippen LogP contribution < -0.4 is 11.1 Å². The number of rotatable bonds is 6. The molecule has 0 aromatic carbocycles. The smallest absolute Gasteiger partial charge is 0.408 e. The number of carboxylic acids is 1. The van der Waals surface area contributed by atoms with Gasteiger partial charge in [0.25, 0.3) is 0 Å². The first-order valence-corrected chi connectivity index (χ1v) is 8.12. The van der Waals surface area contributed by atoms with Crippen LogP contribution in [0.1, 0.15) is 59.3 Å². The Kier molecular flexibility index (Phi) is 6.84. The van der Waals surface area contributed by atoms with E-state index < -0.39 is 35.5 Å². The minimum atomic E-state index is -1.20. The van der Waals surface area contributed by atoms with Crippen molar-refractivity contribution in [2.75, 3.05) is 0 Å². The molecular formula is C16H28N2O5. The molecule has 1 unspecified atom stereocenters. The van der Waals surface area contributed by atoms with Gasteiger partial charge in [0.2, 0.25) is 5.91 Å². The van der Waals surface area contributed by atoms with E-state index in [2.05, 4.69) is 5.32 Å². The van der Waals surface area contributed by atoms with Gasteiger partial charge in [-0.25, -0.2) is 9.59 Å². The lowest BCUT2D eigenvalue weighted by Gasteiger charge is -2.30. The predicted molar refractivity (Wildman–Crippen MR) is 84.7 cm³/mol. The van der Waals surface area contributed by atoms with Gasteiger partial charge in [-0.05, 0) is 46.0 Å². The summed E-state index contributed by atoms with van der Waals surface area (Å²) in [5.74, 6) is -2.16. The van der Waals surface area contributed by atoms with Crippen LogP contribution in [0.25, 0.3) is 0 Å². The molecule has 1 saturated carbocycles. The Morgan fingerprint density at radius 1 is 1.22 bits per heavy atom. The van der Waals surface area contributed by atoms with Crippen LogP contribution in [0.5, 0.6) is 0 Å². The first-order valence-electron chi connectivity index (χ1n) is 8.12. The average Bonchev–Trinajstić information content (AvgIpc) is 2.41. The van der Waals surface area contributed by atoms with Crippen LogP contribution >= 0.6 is 0 Å². The van der Waals surface area contributed by atoms with E-state index in [1.807, 2.05) is 0 Å². The molecule has 1 rings (SSSR count). The molecule has 0 heterocycles. The summed E-state index contributed by atoms with van der Waals surface area (Å²) in [4.78, 5) is 35.0. The standard InChI is InChI=1S/C16H28N2O5/c1-16(2,3)23-15(22)18-12(14(20)21)9-11(13(17)19)10-7-5-4-6-8-10/h10-12H,4-9H2,1-3H3,(H2,17,19)(H,18,22)(H,20,21)/t11?,12-/m0/s1. The van der Waals surface area contributed by atoms with Crippen molar-refractivity contribution in [2.24, 2.45) is 17.6 Å². The van der Waals surface area contributed by atoms with Gasteiger partial charge in [0.1, 0.15) is 11.6 Å². The number of hydrogen-bond donors (Lipinski definition) is 3. The maximum absolute atomic E-state index is 11.8. The number of carbonyl (C=O) groups excluding carboxylic acids is 2. The fourth-order valence-corrected chi connectivity index (χ4v) is 3.00. The van der Waals surface area contributed by atoms with E-state index in [0.29, 0.717) is 0 Å². The van der Waals surface area contributed by atoms with Gasteiger partial charge in [0.15, 0.2) is 0 Å². The van der Waals surface area contributed by atoms with Gasteiger partial charge in [-0.15, -0.1) is 0 Å². The number of nitrogens with two attached hydrogens (primary N) is 1. The molecule has 23 heavy (non-hydrogen) atoms. The number of carboxylic acid groups (broad SMARTS) is 1. The average molecular weight is 328 g/mol. The highest BCUT2D eigenvalue weighted by atomic mass is 16.6. The summed E-state index contributed by atoms with van der Waals surface area (Å²) in [6.07, 6.45) is 4.09. The molecule has 0 bridgehead atoms. The predicted octanol–water partition coefficient (Wildman–Crippen LogP) is 2.04. The van der Waals surface area contributed by atoms with Crippen molar-refractivity contribution in [2.45, 2.75) is 70.9 Å². The SMILES string of the molecule is CC(C)(C)OC(=O)N[C@@H](CC(C(N)=O)C1CCCCC1)C(=O)O. The Balaban J connectivity index is 2.73. The van der Waals surface area contributed by atoms with Crippen LogP contribution in [0, 0.1) is 11.8 Å². The third-order valence-electron chi connectivity index (χ3n) is 4.06. The Labute approximate surface area is 136 Å². The molecule has 7 nitrogen and oxygen atoms in total. The molecule has 0 radical (unpaired) electrons. The van der Waals surface area contributed by atoms with E-state index in [-0.39, 0.29) is 12.3 Å². The minimum absolute atomic E-state index is 0.00538. The van der Waals surface area contributed by atoms with E-state index in [1.54, 1.807) is 20.8 Å². The Hall–Kier alpha value is -1.79. The monoisotopic (exact) mass is 328 g/mol. The van der Waals surface area contributed by atoms with Crippen LogP contribution in [-0.2, 0) is 14.3 Å². The maximum Gasteiger partial charge on any atom is 0.408 e. The maximum atomic E-state index is 11.8. The van der Waals surface area contributed by atoms with Crippen LogP contribution in [0.15, 0.2) is 0 Å². The Bertz CT molecular complexity index is 438. The van der Waals surface area contributed by atoms with Crippen molar-refractivity contribution in [1.82, 2.24) is 5.32 Å². The zero-order valence-electron chi connectivity index (χ0n) is 14.1.